The second-order valence-corrected chi connectivity index (χ2v) is 6.33. The van der Waals surface area contributed by atoms with Crippen LogP contribution in [0, 0.1) is 5.82 Å². The molecular formula is C17H9Cl2FN2O2S. The lowest BCUT2D eigenvalue weighted by atomic mass is 10.1. The fourth-order valence-electron chi connectivity index (χ4n) is 2.26. The Kier molecular flexibility index (Phi) is 4.85. The van der Waals surface area contributed by atoms with Crippen molar-refractivity contribution in [3.05, 3.63) is 69.5 Å². The van der Waals surface area contributed by atoms with Crippen LogP contribution in [0.25, 0.3) is 6.08 Å². The fraction of sp³-hybridized carbons (Fsp3) is 0. The third kappa shape index (κ3) is 3.56. The van der Waals surface area contributed by atoms with Crippen LogP contribution in [0.2, 0.25) is 10.0 Å². The molecule has 2 aromatic rings. The maximum Gasteiger partial charge on any atom is 0.270 e. The van der Waals surface area contributed by atoms with Crippen LogP contribution in [0.3, 0.4) is 0 Å². The van der Waals surface area contributed by atoms with Crippen molar-refractivity contribution >= 4 is 64.1 Å². The second kappa shape index (κ2) is 6.92. The zero-order valence-corrected chi connectivity index (χ0v) is 14.8. The van der Waals surface area contributed by atoms with Crippen LogP contribution in [0.4, 0.5) is 10.1 Å². The van der Waals surface area contributed by atoms with E-state index in [0.29, 0.717) is 21.3 Å². The van der Waals surface area contributed by atoms with Gasteiger partial charge in [-0.25, -0.2) is 4.39 Å². The predicted molar refractivity (Wildman–Crippen MR) is 99.1 cm³/mol. The number of anilines is 1. The molecule has 0 atom stereocenters. The highest BCUT2D eigenvalue weighted by molar-refractivity contribution is 7.80. The summed E-state index contributed by atoms with van der Waals surface area (Å²) in [5.41, 5.74) is 0.642. The van der Waals surface area contributed by atoms with Gasteiger partial charge < -0.3 is 0 Å². The number of carbonyl (C=O) groups is 2. The molecule has 2 aromatic carbocycles. The normalized spacial score (nSPS) is 16.4. The molecule has 4 nitrogen and oxygen atoms in total. The summed E-state index contributed by atoms with van der Waals surface area (Å²) < 4.78 is 13.1. The molecule has 2 amide bonds. The molecule has 0 aromatic heterocycles. The van der Waals surface area contributed by atoms with Crippen molar-refractivity contribution in [2.45, 2.75) is 0 Å². The van der Waals surface area contributed by atoms with Crippen molar-refractivity contribution in [2.24, 2.45) is 0 Å². The Bertz CT molecular complexity index is 929. The smallest absolute Gasteiger partial charge is 0.270 e. The van der Waals surface area contributed by atoms with E-state index in [4.69, 9.17) is 35.4 Å². The summed E-state index contributed by atoms with van der Waals surface area (Å²) in [6, 6.07) is 9.86. The molecule has 0 aliphatic carbocycles. The third-order valence-electron chi connectivity index (χ3n) is 3.45. The number of hydrogen-bond acceptors (Lipinski definition) is 3. The van der Waals surface area contributed by atoms with E-state index in [9.17, 15) is 14.0 Å². The maximum atomic E-state index is 13.1. The first-order valence-corrected chi connectivity index (χ1v) is 8.15. The minimum absolute atomic E-state index is 0.0824. The van der Waals surface area contributed by atoms with Gasteiger partial charge in [0.1, 0.15) is 11.4 Å². The molecule has 126 valence electrons. The zero-order valence-electron chi connectivity index (χ0n) is 12.4. The molecule has 0 saturated carbocycles. The zero-order chi connectivity index (χ0) is 18.1. The fourth-order valence-corrected chi connectivity index (χ4v) is 3.00. The van der Waals surface area contributed by atoms with Gasteiger partial charge in [-0.05, 0) is 60.3 Å². The number of carbonyl (C=O) groups excluding carboxylic acids is 2. The molecule has 1 heterocycles. The molecular weight excluding hydrogens is 386 g/mol. The summed E-state index contributed by atoms with van der Waals surface area (Å²) in [5.74, 6) is -1.72. The van der Waals surface area contributed by atoms with Crippen LogP contribution < -0.4 is 10.2 Å². The molecule has 1 aliphatic heterocycles. The van der Waals surface area contributed by atoms with Crippen molar-refractivity contribution in [1.82, 2.24) is 5.32 Å². The summed E-state index contributed by atoms with van der Waals surface area (Å²) in [6.07, 6.45) is 1.36. The van der Waals surface area contributed by atoms with E-state index in [-0.39, 0.29) is 10.7 Å². The lowest BCUT2D eigenvalue weighted by Gasteiger charge is -2.28. The first-order chi connectivity index (χ1) is 11.9. The minimum atomic E-state index is -0.639. The summed E-state index contributed by atoms with van der Waals surface area (Å²) in [7, 11) is 0. The first kappa shape index (κ1) is 17.5. The van der Waals surface area contributed by atoms with Crippen molar-refractivity contribution in [2.75, 3.05) is 4.90 Å². The largest absolute Gasteiger partial charge is 0.298 e. The van der Waals surface area contributed by atoms with Gasteiger partial charge in [0.25, 0.3) is 11.8 Å². The SMILES string of the molecule is O=C1NC(=S)N(c2ccc(F)cc2)C(=O)/C1=C\c1ccc(Cl)cc1Cl. The molecule has 0 bridgehead atoms. The Labute approximate surface area is 157 Å². The number of rotatable bonds is 2. The van der Waals surface area contributed by atoms with Gasteiger partial charge in [-0.1, -0.05) is 29.3 Å². The van der Waals surface area contributed by atoms with Gasteiger partial charge >= 0.3 is 0 Å². The van der Waals surface area contributed by atoms with Gasteiger partial charge in [0.15, 0.2) is 5.11 Å². The van der Waals surface area contributed by atoms with Crippen molar-refractivity contribution in [1.29, 1.82) is 0 Å². The molecule has 1 aliphatic rings. The van der Waals surface area contributed by atoms with E-state index >= 15 is 0 Å². The number of thiocarbonyl (C=S) groups is 1. The Balaban J connectivity index is 2.03. The molecule has 8 heteroatoms. The standard InChI is InChI=1S/C17H9Cl2FN2O2S/c18-10-2-1-9(14(19)8-10)7-13-15(23)21-17(25)22(16(13)24)12-5-3-11(20)4-6-12/h1-8H,(H,21,23,25)/b13-7-. The van der Waals surface area contributed by atoms with Crippen LogP contribution in [0.15, 0.2) is 48.0 Å². The van der Waals surface area contributed by atoms with Crippen LogP contribution in [0.1, 0.15) is 5.56 Å². The molecule has 1 fully saturated rings. The third-order valence-corrected chi connectivity index (χ3v) is 4.30. The number of benzene rings is 2. The highest BCUT2D eigenvalue weighted by atomic mass is 35.5. The van der Waals surface area contributed by atoms with Crippen LogP contribution in [0.5, 0.6) is 0 Å². The van der Waals surface area contributed by atoms with Gasteiger partial charge in [0.05, 0.1) is 5.69 Å². The number of amides is 2. The Hall–Kier alpha value is -2.28. The van der Waals surface area contributed by atoms with Crippen LogP contribution >= 0.6 is 35.4 Å². The molecule has 3 rings (SSSR count). The number of nitrogens with one attached hydrogen (secondary N) is 1. The second-order valence-electron chi connectivity index (χ2n) is 5.10. The molecule has 1 saturated heterocycles. The minimum Gasteiger partial charge on any atom is -0.298 e. The first-order valence-electron chi connectivity index (χ1n) is 6.99. The van der Waals surface area contributed by atoms with Gasteiger partial charge in [-0.2, -0.15) is 0 Å². The topological polar surface area (TPSA) is 49.4 Å². The summed E-state index contributed by atoms with van der Waals surface area (Å²) in [4.78, 5) is 26.1. The lowest BCUT2D eigenvalue weighted by Crippen LogP contribution is -2.54. The highest BCUT2D eigenvalue weighted by Gasteiger charge is 2.34. The Morgan fingerprint density at radius 2 is 1.76 bits per heavy atom. The molecule has 25 heavy (non-hydrogen) atoms. The quantitative estimate of drug-likeness (QED) is 0.476. The Morgan fingerprint density at radius 3 is 2.40 bits per heavy atom. The van der Waals surface area contributed by atoms with E-state index in [0.717, 1.165) is 4.90 Å². The van der Waals surface area contributed by atoms with Gasteiger partial charge in [0, 0.05) is 10.0 Å². The Morgan fingerprint density at radius 1 is 1.08 bits per heavy atom. The lowest BCUT2D eigenvalue weighted by molar-refractivity contribution is -0.122. The molecule has 0 radical (unpaired) electrons. The summed E-state index contributed by atoms with van der Waals surface area (Å²) in [5, 5.41) is 3.08. The van der Waals surface area contributed by atoms with E-state index in [1.54, 1.807) is 12.1 Å². The van der Waals surface area contributed by atoms with E-state index in [1.165, 1.54) is 36.4 Å². The van der Waals surface area contributed by atoms with Crippen LogP contribution in [-0.4, -0.2) is 16.9 Å². The number of nitrogens with zero attached hydrogens (tertiary/aromatic N) is 1. The molecule has 0 unspecified atom stereocenters. The van der Waals surface area contributed by atoms with Gasteiger partial charge in [0.2, 0.25) is 0 Å². The predicted octanol–water partition coefficient (Wildman–Crippen LogP) is 3.96. The molecule has 1 N–H and O–H groups in total. The monoisotopic (exact) mass is 394 g/mol. The number of hydrogen-bond donors (Lipinski definition) is 1. The summed E-state index contributed by atoms with van der Waals surface area (Å²) >= 11 is 17.0. The van der Waals surface area contributed by atoms with E-state index < -0.39 is 17.6 Å². The van der Waals surface area contributed by atoms with Gasteiger partial charge in [-0.15, -0.1) is 0 Å². The highest BCUT2D eigenvalue weighted by Crippen LogP contribution is 2.26. The number of halogens is 3. The average molecular weight is 395 g/mol. The van der Waals surface area contributed by atoms with Crippen molar-refractivity contribution < 1.29 is 14.0 Å². The maximum absolute atomic E-state index is 13.1. The van der Waals surface area contributed by atoms with E-state index in [1.807, 2.05) is 0 Å². The van der Waals surface area contributed by atoms with E-state index in [2.05, 4.69) is 5.32 Å². The van der Waals surface area contributed by atoms with Crippen molar-refractivity contribution in [3.8, 4) is 0 Å². The van der Waals surface area contributed by atoms with Gasteiger partial charge in [-0.3, -0.25) is 19.8 Å². The van der Waals surface area contributed by atoms with Crippen LogP contribution in [-0.2, 0) is 9.59 Å². The average Bonchev–Trinajstić information content (AvgIpc) is 2.55. The van der Waals surface area contributed by atoms with Crippen molar-refractivity contribution in [3.63, 3.8) is 0 Å². The summed E-state index contributed by atoms with van der Waals surface area (Å²) in [6.45, 7) is 0. The molecule has 0 spiro atoms.